The largest absolute Gasteiger partial charge is 0.346 e. The molecule has 0 aliphatic heterocycles. The van der Waals surface area contributed by atoms with Crippen LogP contribution in [0.2, 0.25) is 0 Å². The quantitative estimate of drug-likeness (QED) is 0.483. The Kier molecular flexibility index (Phi) is 5.03. The van der Waals surface area contributed by atoms with Crippen LogP contribution in [0.25, 0.3) is 0 Å². The van der Waals surface area contributed by atoms with Crippen molar-refractivity contribution in [1.82, 2.24) is 0 Å². The molecule has 0 aliphatic carbocycles. The topological polar surface area (TPSA) is 9.23 Å². The Bertz CT molecular complexity index is 58.4. The van der Waals surface area contributed by atoms with Gasteiger partial charge in [0, 0.05) is 0 Å². The molecule has 0 aliphatic rings. The first kappa shape index (κ1) is 8.74. The summed E-state index contributed by atoms with van der Waals surface area (Å²) in [5, 5.41) is 0. The maximum absolute atomic E-state index is 5.33. The van der Waals surface area contributed by atoms with Crippen molar-refractivity contribution in [2.24, 2.45) is 0 Å². The lowest BCUT2D eigenvalue weighted by Gasteiger charge is -2.11. The van der Waals surface area contributed by atoms with E-state index >= 15 is 0 Å². The van der Waals surface area contributed by atoms with Crippen molar-refractivity contribution in [2.45, 2.75) is 26.9 Å². The third-order valence-electron chi connectivity index (χ3n) is 0.603. The molecule has 0 spiro atoms. The van der Waals surface area contributed by atoms with Gasteiger partial charge in [0.25, 0.3) is 0 Å². The van der Waals surface area contributed by atoms with Gasteiger partial charge >= 0.3 is 0 Å². The van der Waals surface area contributed by atoms with E-state index in [9.17, 15) is 0 Å². The first-order chi connectivity index (χ1) is 3.66. The highest BCUT2D eigenvalue weighted by Gasteiger charge is 2.00. The summed E-state index contributed by atoms with van der Waals surface area (Å²) in [5.74, 6) is 0. The van der Waals surface area contributed by atoms with E-state index in [2.05, 4.69) is 19.2 Å². The van der Waals surface area contributed by atoms with Gasteiger partial charge < -0.3 is 4.52 Å². The molecule has 0 N–H and O–H groups in total. The summed E-state index contributed by atoms with van der Waals surface area (Å²) in [6.45, 7) is 6.14. The maximum Gasteiger partial charge on any atom is 0.0857 e. The second-order valence-electron chi connectivity index (χ2n) is 1.82. The number of rotatable bonds is 3. The fourth-order valence-electron chi connectivity index (χ4n) is 0.318. The molecule has 0 rings (SSSR count). The second kappa shape index (κ2) is 4.60. The molecule has 0 saturated carbocycles. The zero-order valence-corrected chi connectivity index (χ0v) is 7.38. The fraction of sp³-hybridized carbons (Fsp3) is 1.00. The smallest absolute Gasteiger partial charge is 0.0857 e. The van der Waals surface area contributed by atoms with Gasteiger partial charge in [-0.25, -0.2) is 0 Å². The zero-order valence-electron chi connectivity index (χ0n) is 5.59. The molecule has 0 aromatic heterocycles. The molecular weight excluding hydrogens is 139 g/mol. The monoisotopic (exact) mass is 152 g/mol. The third-order valence-corrected chi connectivity index (χ3v) is 2.94. The van der Waals surface area contributed by atoms with Crippen LogP contribution in [0, 0.1) is 0 Å². The number of hydrogen-bond acceptors (Lipinski definition) is 2. The molecule has 1 atom stereocenters. The van der Waals surface area contributed by atoms with Crippen molar-refractivity contribution < 1.29 is 4.52 Å². The molecule has 0 aromatic carbocycles. The Balaban J connectivity index is 3.10. The van der Waals surface area contributed by atoms with Crippen LogP contribution in [0.5, 0.6) is 0 Å². The molecule has 0 fully saturated rings. The average Bonchev–Trinajstić information content (AvgIpc) is 1.65. The molecule has 3 heteroatoms. The summed E-state index contributed by atoms with van der Waals surface area (Å²) in [7, 11) is -0.423. The van der Waals surface area contributed by atoms with Gasteiger partial charge in [-0.15, -0.1) is 12.2 Å². The van der Waals surface area contributed by atoms with E-state index in [0.717, 1.165) is 6.16 Å². The highest BCUT2D eigenvalue weighted by Crippen LogP contribution is 2.42. The average molecular weight is 152 g/mol. The van der Waals surface area contributed by atoms with Crippen LogP contribution < -0.4 is 0 Å². The summed E-state index contributed by atoms with van der Waals surface area (Å²) in [6.07, 6.45) is 1.37. The van der Waals surface area contributed by atoms with Crippen molar-refractivity contribution in [1.29, 1.82) is 0 Å². The van der Waals surface area contributed by atoms with Crippen molar-refractivity contribution in [3.63, 3.8) is 0 Å². The van der Waals surface area contributed by atoms with Gasteiger partial charge in [-0.3, -0.25) is 0 Å². The Morgan fingerprint density at radius 1 is 1.62 bits per heavy atom. The van der Waals surface area contributed by atoms with Crippen LogP contribution in [0.4, 0.5) is 0 Å². The van der Waals surface area contributed by atoms with E-state index in [1.165, 1.54) is 0 Å². The Hall–Kier alpha value is 0.740. The number of thiol groups is 1. The van der Waals surface area contributed by atoms with Crippen molar-refractivity contribution in [3.05, 3.63) is 0 Å². The SMILES string of the molecule is CCP(S)OC(C)C. The minimum atomic E-state index is -0.423. The normalized spacial score (nSPS) is 14.6. The molecule has 50 valence electrons. The zero-order chi connectivity index (χ0) is 6.57. The van der Waals surface area contributed by atoms with Crippen molar-refractivity contribution in [3.8, 4) is 0 Å². The van der Waals surface area contributed by atoms with E-state index in [1.54, 1.807) is 0 Å². The molecule has 0 saturated heterocycles. The lowest BCUT2D eigenvalue weighted by Crippen LogP contribution is -1.95. The first-order valence-corrected chi connectivity index (χ1v) is 5.39. The van der Waals surface area contributed by atoms with Gasteiger partial charge in [-0.2, -0.15) is 0 Å². The van der Waals surface area contributed by atoms with Crippen LogP contribution >= 0.6 is 19.6 Å². The summed E-state index contributed by atoms with van der Waals surface area (Å²) >= 11 is 4.21. The van der Waals surface area contributed by atoms with Gasteiger partial charge in [-0.1, -0.05) is 6.92 Å². The Morgan fingerprint density at radius 3 is 2.25 bits per heavy atom. The Labute approximate surface area is 57.8 Å². The van der Waals surface area contributed by atoms with E-state index < -0.39 is 7.35 Å². The summed E-state index contributed by atoms with van der Waals surface area (Å²) in [6, 6.07) is 0. The Morgan fingerprint density at radius 2 is 2.12 bits per heavy atom. The minimum Gasteiger partial charge on any atom is -0.346 e. The molecule has 0 heterocycles. The molecule has 0 radical (unpaired) electrons. The predicted octanol–water partition coefficient (Wildman–Crippen LogP) is 2.67. The summed E-state index contributed by atoms with van der Waals surface area (Å²) in [4.78, 5) is 0. The van der Waals surface area contributed by atoms with Gasteiger partial charge in [0.15, 0.2) is 0 Å². The molecule has 1 nitrogen and oxygen atoms in total. The fourth-order valence-corrected chi connectivity index (χ4v) is 1.52. The van der Waals surface area contributed by atoms with Crippen LogP contribution in [0.15, 0.2) is 0 Å². The molecule has 0 aromatic rings. The van der Waals surface area contributed by atoms with Gasteiger partial charge in [0.1, 0.15) is 0 Å². The van der Waals surface area contributed by atoms with Crippen LogP contribution in [-0.2, 0) is 4.52 Å². The maximum atomic E-state index is 5.33. The molecule has 8 heavy (non-hydrogen) atoms. The van der Waals surface area contributed by atoms with Crippen LogP contribution in [0.3, 0.4) is 0 Å². The summed E-state index contributed by atoms with van der Waals surface area (Å²) in [5.41, 5.74) is 0. The van der Waals surface area contributed by atoms with E-state index in [-0.39, 0.29) is 0 Å². The van der Waals surface area contributed by atoms with Crippen molar-refractivity contribution >= 4 is 19.6 Å². The molecule has 1 unspecified atom stereocenters. The molecule has 0 bridgehead atoms. The minimum absolute atomic E-state index is 0.332. The highest BCUT2D eigenvalue weighted by molar-refractivity contribution is 8.43. The van der Waals surface area contributed by atoms with Gasteiger partial charge in [-0.05, 0) is 20.0 Å². The van der Waals surface area contributed by atoms with Crippen molar-refractivity contribution in [2.75, 3.05) is 6.16 Å². The number of hydrogen-bond donors (Lipinski definition) is 1. The predicted molar refractivity (Wildman–Crippen MR) is 42.7 cm³/mol. The van der Waals surface area contributed by atoms with E-state index in [1.807, 2.05) is 13.8 Å². The van der Waals surface area contributed by atoms with Crippen LogP contribution in [-0.4, -0.2) is 12.3 Å². The third kappa shape index (κ3) is 4.89. The van der Waals surface area contributed by atoms with Gasteiger partial charge in [0.2, 0.25) is 0 Å². The molecule has 0 amide bonds. The summed E-state index contributed by atoms with van der Waals surface area (Å²) < 4.78 is 5.33. The standard InChI is InChI=1S/C5H13OPS/c1-4-7(8)6-5(2)3/h5,8H,4H2,1-3H3. The molecular formula is C5H13OPS. The lowest BCUT2D eigenvalue weighted by molar-refractivity contribution is 0.277. The van der Waals surface area contributed by atoms with Gasteiger partial charge in [0.05, 0.1) is 13.5 Å². The van der Waals surface area contributed by atoms with Crippen LogP contribution in [0.1, 0.15) is 20.8 Å². The van der Waals surface area contributed by atoms with E-state index in [0.29, 0.717) is 6.10 Å². The highest BCUT2D eigenvalue weighted by atomic mass is 32.7. The van der Waals surface area contributed by atoms with E-state index in [4.69, 9.17) is 4.52 Å². The first-order valence-electron chi connectivity index (χ1n) is 2.80. The lowest BCUT2D eigenvalue weighted by atomic mass is 10.5. The second-order valence-corrected chi connectivity index (χ2v) is 4.71.